The smallest absolute Gasteiger partial charge is 0.387 e. The predicted octanol–water partition coefficient (Wildman–Crippen LogP) is 3.40. The number of nitrogens with zero attached hydrogens (tertiary/aromatic N) is 1. The lowest BCUT2D eigenvalue weighted by molar-refractivity contribution is -0.119. The lowest BCUT2D eigenvalue weighted by Crippen LogP contribution is -2.43. The molecule has 1 aromatic rings. The van der Waals surface area contributed by atoms with E-state index < -0.39 is 6.61 Å². The highest BCUT2D eigenvalue weighted by Crippen LogP contribution is 2.34. The van der Waals surface area contributed by atoms with E-state index in [2.05, 4.69) is 25.7 Å². The second-order valence-electron chi connectivity index (χ2n) is 4.76. The van der Waals surface area contributed by atoms with Crippen molar-refractivity contribution < 1.29 is 18.3 Å². The normalized spacial score (nSPS) is 11.0. The molecule has 0 saturated heterocycles. The van der Waals surface area contributed by atoms with Gasteiger partial charge in [-0.15, -0.1) is 24.0 Å². The molecule has 1 amide bonds. The van der Waals surface area contributed by atoms with E-state index in [0.29, 0.717) is 24.6 Å². The van der Waals surface area contributed by atoms with Crippen LogP contribution in [0.1, 0.15) is 19.4 Å². The number of rotatable bonds is 8. The number of guanidine groups is 1. The number of amides is 1. The third-order valence-electron chi connectivity index (χ3n) is 2.83. The summed E-state index contributed by atoms with van der Waals surface area (Å²) in [6.45, 7) is 1.71. The molecule has 0 unspecified atom stereocenters. The Morgan fingerprint density at radius 2 is 1.85 bits per heavy atom. The van der Waals surface area contributed by atoms with Crippen LogP contribution in [0.25, 0.3) is 0 Å². The van der Waals surface area contributed by atoms with E-state index >= 15 is 0 Å². The predicted molar refractivity (Wildman–Crippen MR) is 110 cm³/mol. The Balaban J connectivity index is 0.00000625. The summed E-state index contributed by atoms with van der Waals surface area (Å²) >= 11 is 11.8. The molecule has 11 heteroatoms. The molecule has 0 aliphatic rings. The van der Waals surface area contributed by atoms with Crippen molar-refractivity contribution in [3.63, 3.8) is 0 Å². The van der Waals surface area contributed by atoms with E-state index in [1.54, 1.807) is 0 Å². The maximum Gasteiger partial charge on any atom is 0.387 e. The number of ether oxygens (including phenoxy) is 1. The number of carbonyl (C=O) groups excluding carboxylic acids is 1. The zero-order valence-corrected chi connectivity index (χ0v) is 18.1. The summed E-state index contributed by atoms with van der Waals surface area (Å²) in [5.41, 5.74) is 0.299. The van der Waals surface area contributed by atoms with Gasteiger partial charge in [0.15, 0.2) is 5.96 Å². The fourth-order valence-electron chi connectivity index (χ4n) is 1.88. The molecule has 3 N–H and O–H groups in total. The minimum absolute atomic E-state index is 0. The van der Waals surface area contributed by atoms with Crippen LogP contribution in [0.3, 0.4) is 0 Å². The summed E-state index contributed by atoms with van der Waals surface area (Å²) < 4.78 is 29.6. The molecule has 1 rings (SSSR count). The van der Waals surface area contributed by atoms with Crippen LogP contribution >= 0.6 is 47.2 Å². The first-order valence-electron chi connectivity index (χ1n) is 7.58. The quantitative estimate of drug-likeness (QED) is 0.277. The minimum atomic E-state index is -3.02. The van der Waals surface area contributed by atoms with E-state index in [1.165, 1.54) is 12.1 Å². The lowest BCUT2D eigenvalue weighted by Gasteiger charge is -2.14. The van der Waals surface area contributed by atoms with Gasteiger partial charge in [-0.25, -0.2) is 4.99 Å². The Kier molecular flexibility index (Phi) is 12.6. The zero-order chi connectivity index (χ0) is 18.8. The molecule has 0 bridgehead atoms. The maximum atomic E-state index is 12.6. The molecule has 0 saturated carbocycles. The summed E-state index contributed by atoms with van der Waals surface area (Å²) in [5.74, 6) is -0.0298. The number of benzene rings is 1. The molecule has 0 aromatic heterocycles. The van der Waals surface area contributed by atoms with Crippen LogP contribution < -0.4 is 20.7 Å². The Labute approximate surface area is 178 Å². The number of nitrogens with one attached hydrogen (secondary N) is 3. The van der Waals surface area contributed by atoms with Gasteiger partial charge in [0.25, 0.3) is 0 Å². The molecule has 6 nitrogen and oxygen atoms in total. The van der Waals surface area contributed by atoms with Crippen molar-refractivity contribution >= 4 is 59.0 Å². The average Bonchev–Trinajstić information content (AvgIpc) is 2.53. The number of alkyl halides is 2. The number of aliphatic imine (C=N–C) groups is 1. The number of hydrogen-bond acceptors (Lipinski definition) is 3. The molecular formula is C15H21Cl2F2IN4O2. The summed E-state index contributed by atoms with van der Waals surface area (Å²) in [6.07, 6.45) is 0. The highest BCUT2D eigenvalue weighted by Gasteiger charge is 2.15. The molecule has 0 heterocycles. The highest BCUT2D eigenvalue weighted by molar-refractivity contribution is 14.0. The molecule has 0 aliphatic heterocycles. The largest absolute Gasteiger partial charge is 0.433 e. The average molecular weight is 525 g/mol. The van der Waals surface area contributed by atoms with Gasteiger partial charge in [0.2, 0.25) is 5.91 Å². The van der Waals surface area contributed by atoms with E-state index in [-0.39, 0.29) is 58.8 Å². The van der Waals surface area contributed by atoms with Gasteiger partial charge in [-0.3, -0.25) is 4.79 Å². The Morgan fingerprint density at radius 1 is 1.19 bits per heavy atom. The van der Waals surface area contributed by atoms with Gasteiger partial charge in [-0.05, 0) is 26.0 Å². The highest BCUT2D eigenvalue weighted by atomic mass is 127. The number of halogens is 5. The summed E-state index contributed by atoms with van der Waals surface area (Å²) in [7, 11) is 0. The fourth-order valence-corrected chi connectivity index (χ4v) is 2.46. The molecule has 26 heavy (non-hydrogen) atoms. The van der Waals surface area contributed by atoms with Crippen LogP contribution in [0, 0.1) is 0 Å². The van der Waals surface area contributed by atoms with E-state index in [4.69, 9.17) is 23.2 Å². The third kappa shape index (κ3) is 9.04. The zero-order valence-electron chi connectivity index (χ0n) is 14.2. The number of likely N-dealkylation sites (N-methyl/N-ethyl adjacent to an activating group) is 1. The lowest BCUT2D eigenvalue weighted by atomic mass is 10.2. The first-order chi connectivity index (χ1) is 11.9. The van der Waals surface area contributed by atoms with Gasteiger partial charge in [-0.2, -0.15) is 8.78 Å². The van der Waals surface area contributed by atoms with Crippen molar-refractivity contribution in [3.8, 4) is 5.75 Å². The van der Waals surface area contributed by atoms with Gasteiger partial charge < -0.3 is 20.7 Å². The van der Waals surface area contributed by atoms with Crippen LogP contribution in [0.4, 0.5) is 8.78 Å². The Morgan fingerprint density at radius 3 is 2.42 bits per heavy atom. The SMILES string of the molecule is CCNC(=O)CNC(=NCc1cc(Cl)cc(Cl)c1OC(F)F)NCC.I. The van der Waals surface area contributed by atoms with Gasteiger partial charge >= 0.3 is 6.61 Å². The second-order valence-corrected chi connectivity index (χ2v) is 5.60. The summed E-state index contributed by atoms with van der Waals surface area (Å²) in [4.78, 5) is 15.7. The molecule has 0 atom stereocenters. The van der Waals surface area contributed by atoms with E-state index in [9.17, 15) is 13.6 Å². The van der Waals surface area contributed by atoms with Crippen LogP contribution in [0.15, 0.2) is 17.1 Å². The van der Waals surface area contributed by atoms with E-state index in [1.807, 2.05) is 13.8 Å². The second kappa shape index (κ2) is 13.2. The van der Waals surface area contributed by atoms with Crippen LogP contribution in [-0.4, -0.2) is 38.1 Å². The van der Waals surface area contributed by atoms with Crippen molar-refractivity contribution in [1.82, 2.24) is 16.0 Å². The first kappa shape index (κ1) is 24.9. The van der Waals surface area contributed by atoms with Gasteiger partial charge in [0.05, 0.1) is 18.1 Å². The van der Waals surface area contributed by atoms with Crippen molar-refractivity contribution in [1.29, 1.82) is 0 Å². The van der Waals surface area contributed by atoms with Crippen molar-refractivity contribution in [3.05, 3.63) is 27.7 Å². The van der Waals surface area contributed by atoms with Gasteiger partial charge in [0.1, 0.15) is 5.75 Å². The fraction of sp³-hybridized carbons (Fsp3) is 0.467. The third-order valence-corrected chi connectivity index (χ3v) is 3.33. The van der Waals surface area contributed by atoms with Gasteiger partial charge in [0, 0.05) is 23.7 Å². The maximum absolute atomic E-state index is 12.6. The molecule has 0 fully saturated rings. The van der Waals surface area contributed by atoms with Crippen molar-refractivity contribution in [2.75, 3.05) is 19.6 Å². The number of hydrogen-bond donors (Lipinski definition) is 3. The van der Waals surface area contributed by atoms with Crippen molar-refractivity contribution in [2.45, 2.75) is 27.0 Å². The summed E-state index contributed by atoms with van der Waals surface area (Å²) in [6, 6.07) is 2.76. The van der Waals surface area contributed by atoms with Crippen LogP contribution in [-0.2, 0) is 11.3 Å². The standard InChI is InChI=1S/C15H20Cl2F2N4O2.HI/c1-3-20-12(24)8-23-15(21-4-2)22-7-9-5-10(16)6-11(17)13(9)25-14(18)19;/h5-6,14H,3-4,7-8H2,1-2H3,(H,20,24)(H2,21,22,23);1H. The van der Waals surface area contributed by atoms with Crippen molar-refractivity contribution in [2.24, 2.45) is 4.99 Å². The Hall–Kier alpha value is -1.07. The Bertz CT molecular complexity index is 622. The topological polar surface area (TPSA) is 74.8 Å². The molecular weight excluding hydrogens is 504 g/mol. The van der Waals surface area contributed by atoms with Crippen LogP contribution in [0.5, 0.6) is 5.75 Å². The van der Waals surface area contributed by atoms with E-state index in [0.717, 1.165) is 0 Å². The first-order valence-corrected chi connectivity index (χ1v) is 8.34. The van der Waals surface area contributed by atoms with Crippen LogP contribution in [0.2, 0.25) is 10.0 Å². The molecule has 148 valence electrons. The molecule has 1 aromatic carbocycles. The summed E-state index contributed by atoms with van der Waals surface area (Å²) in [5, 5.41) is 8.67. The monoisotopic (exact) mass is 524 g/mol. The molecule has 0 aliphatic carbocycles. The number of carbonyl (C=O) groups is 1. The minimum Gasteiger partial charge on any atom is -0.433 e. The molecule has 0 spiro atoms. The molecule has 0 radical (unpaired) electrons. The van der Waals surface area contributed by atoms with Gasteiger partial charge in [-0.1, -0.05) is 23.2 Å².